The molecule has 0 unspecified atom stereocenters. The molecule has 0 bridgehead atoms. The SMILES string of the molecule is CCOc1cc(CNCCC(N)=O)ccc1OC. The Bertz CT molecular complexity index is 394. The van der Waals surface area contributed by atoms with E-state index in [4.69, 9.17) is 15.2 Å². The third-order valence-corrected chi connectivity index (χ3v) is 2.41. The van der Waals surface area contributed by atoms with Crippen LogP contribution in [-0.4, -0.2) is 26.2 Å². The molecule has 1 amide bonds. The van der Waals surface area contributed by atoms with E-state index in [1.807, 2.05) is 25.1 Å². The molecule has 0 fully saturated rings. The van der Waals surface area contributed by atoms with Gasteiger partial charge in [0.1, 0.15) is 0 Å². The Balaban J connectivity index is 2.55. The first kappa shape index (κ1) is 14.3. The summed E-state index contributed by atoms with van der Waals surface area (Å²) in [6, 6.07) is 5.76. The highest BCUT2D eigenvalue weighted by atomic mass is 16.5. The molecule has 0 saturated carbocycles. The topological polar surface area (TPSA) is 73.6 Å². The maximum atomic E-state index is 10.6. The summed E-state index contributed by atoms with van der Waals surface area (Å²) >= 11 is 0. The van der Waals surface area contributed by atoms with Crippen molar-refractivity contribution in [1.29, 1.82) is 0 Å². The van der Waals surface area contributed by atoms with Crippen LogP contribution in [0.25, 0.3) is 0 Å². The highest BCUT2D eigenvalue weighted by Gasteiger charge is 2.05. The van der Waals surface area contributed by atoms with Crippen LogP contribution >= 0.6 is 0 Å². The third-order valence-electron chi connectivity index (χ3n) is 2.41. The van der Waals surface area contributed by atoms with Crippen LogP contribution in [0.15, 0.2) is 18.2 Å². The van der Waals surface area contributed by atoms with Gasteiger partial charge < -0.3 is 20.5 Å². The standard InChI is InChI=1S/C13H20N2O3/c1-3-18-12-8-10(4-5-11(12)17-2)9-15-7-6-13(14)16/h4-5,8,15H,3,6-7,9H2,1-2H3,(H2,14,16). The van der Waals surface area contributed by atoms with Gasteiger partial charge in [0.25, 0.3) is 0 Å². The molecular weight excluding hydrogens is 232 g/mol. The van der Waals surface area contributed by atoms with Gasteiger partial charge in [0.15, 0.2) is 11.5 Å². The Hall–Kier alpha value is -1.75. The highest BCUT2D eigenvalue weighted by Crippen LogP contribution is 2.27. The van der Waals surface area contributed by atoms with Crippen molar-refractivity contribution in [2.24, 2.45) is 5.73 Å². The lowest BCUT2D eigenvalue weighted by Crippen LogP contribution is -2.21. The van der Waals surface area contributed by atoms with Gasteiger partial charge >= 0.3 is 0 Å². The zero-order valence-corrected chi connectivity index (χ0v) is 10.9. The van der Waals surface area contributed by atoms with Gasteiger partial charge in [0.05, 0.1) is 13.7 Å². The molecule has 1 rings (SSSR count). The van der Waals surface area contributed by atoms with E-state index in [1.165, 1.54) is 0 Å². The molecule has 100 valence electrons. The molecular formula is C13H20N2O3. The van der Waals surface area contributed by atoms with Crippen LogP contribution in [0.1, 0.15) is 18.9 Å². The number of hydrogen-bond acceptors (Lipinski definition) is 4. The molecule has 1 aromatic carbocycles. The predicted molar refractivity (Wildman–Crippen MR) is 69.7 cm³/mol. The van der Waals surface area contributed by atoms with E-state index in [9.17, 15) is 4.79 Å². The molecule has 3 N–H and O–H groups in total. The first-order valence-electron chi connectivity index (χ1n) is 5.96. The quantitative estimate of drug-likeness (QED) is 0.678. The highest BCUT2D eigenvalue weighted by molar-refractivity contribution is 5.73. The molecule has 0 aliphatic heterocycles. The number of primary amides is 1. The summed E-state index contributed by atoms with van der Waals surface area (Å²) in [5.74, 6) is 1.15. The Morgan fingerprint density at radius 3 is 2.78 bits per heavy atom. The van der Waals surface area contributed by atoms with Crippen molar-refractivity contribution >= 4 is 5.91 Å². The smallest absolute Gasteiger partial charge is 0.218 e. The number of ether oxygens (including phenoxy) is 2. The summed E-state index contributed by atoms with van der Waals surface area (Å²) in [5, 5.41) is 3.14. The molecule has 0 aromatic heterocycles. The van der Waals surface area contributed by atoms with Crippen LogP contribution in [0.4, 0.5) is 0 Å². The third kappa shape index (κ3) is 4.63. The molecule has 0 heterocycles. The minimum absolute atomic E-state index is 0.299. The van der Waals surface area contributed by atoms with E-state index < -0.39 is 0 Å². The van der Waals surface area contributed by atoms with Crippen molar-refractivity contribution in [3.63, 3.8) is 0 Å². The van der Waals surface area contributed by atoms with Gasteiger partial charge in [-0.2, -0.15) is 0 Å². The largest absolute Gasteiger partial charge is 0.493 e. The summed E-state index contributed by atoms with van der Waals surface area (Å²) in [6.07, 6.45) is 0.342. The van der Waals surface area contributed by atoms with Gasteiger partial charge in [-0.1, -0.05) is 6.07 Å². The normalized spacial score (nSPS) is 10.1. The second-order valence-electron chi connectivity index (χ2n) is 3.81. The molecule has 0 atom stereocenters. The molecule has 0 radical (unpaired) electrons. The van der Waals surface area contributed by atoms with E-state index in [-0.39, 0.29) is 5.91 Å². The Morgan fingerprint density at radius 1 is 1.39 bits per heavy atom. The van der Waals surface area contributed by atoms with E-state index in [1.54, 1.807) is 7.11 Å². The monoisotopic (exact) mass is 252 g/mol. The summed E-state index contributed by atoms with van der Waals surface area (Å²) in [7, 11) is 1.61. The molecule has 0 spiro atoms. The van der Waals surface area contributed by atoms with Crippen molar-refractivity contribution in [2.75, 3.05) is 20.3 Å². The van der Waals surface area contributed by atoms with Crippen molar-refractivity contribution in [2.45, 2.75) is 19.9 Å². The van der Waals surface area contributed by atoms with E-state index in [2.05, 4.69) is 5.32 Å². The van der Waals surface area contributed by atoms with Gasteiger partial charge in [-0.15, -0.1) is 0 Å². The number of amides is 1. The first-order valence-corrected chi connectivity index (χ1v) is 5.96. The van der Waals surface area contributed by atoms with Gasteiger partial charge in [-0.3, -0.25) is 4.79 Å². The second kappa shape index (κ2) is 7.55. The molecule has 1 aromatic rings. The maximum Gasteiger partial charge on any atom is 0.218 e. The fourth-order valence-electron chi connectivity index (χ4n) is 1.54. The van der Waals surface area contributed by atoms with Crippen LogP contribution in [-0.2, 0) is 11.3 Å². The predicted octanol–water partition coefficient (Wildman–Crippen LogP) is 1.06. The Labute approximate surface area is 107 Å². The number of hydrogen-bond donors (Lipinski definition) is 2. The Morgan fingerprint density at radius 2 is 2.17 bits per heavy atom. The van der Waals surface area contributed by atoms with Crippen molar-refractivity contribution in [3.05, 3.63) is 23.8 Å². The molecule has 18 heavy (non-hydrogen) atoms. The number of benzene rings is 1. The fourth-order valence-corrected chi connectivity index (χ4v) is 1.54. The zero-order chi connectivity index (χ0) is 13.4. The molecule has 5 heteroatoms. The van der Waals surface area contributed by atoms with E-state index in [0.717, 1.165) is 17.1 Å². The Kier molecular flexibility index (Phi) is 6.00. The maximum absolute atomic E-state index is 10.6. The molecule has 0 aliphatic rings. The first-order chi connectivity index (χ1) is 8.67. The van der Waals surface area contributed by atoms with Gasteiger partial charge in [0.2, 0.25) is 5.91 Å². The molecule has 0 saturated heterocycles. The van der Waals surface area contributed by atoms with Gasteiger partial charge in [-0.05, 0) is 24.6 Å². The van der Waals surface area contributed by atoms with Gasteiger partial charge in [0, 0.05) is 19.5 Å². The molecule has 5 nitrogen and oxygen atoms in total. The average Bonchev–Trinajstić information content (AvgIpc) is 2.35. The molecule has 0 aliphatic carbocycles. The minimum atomic E-state index is -0.299. The van der Waals surface area contributed by atoms with Crippen LogP contribution in [0.3, 0.4) is 0 Å². The van der Waals surface area contributed by atoms with Gasteiger partial charge in [-0.25, -0.2) is 0 Å². The fraction of sp³-hybridized carbons (Fsp3) is 0.462. The number of methoxy groups -OCH3 is 1. The summed E-state index contributed by atoms with van der Waals surface area (Å²) < 4.78 is 10.7. The summed E-state index contributed by atoms with van der Waals surface area (Å²) in [6.45, 7) is 3.76. The lowest BCUT2D eigenvalue weighted by molar-refractivity contribution is -0.117. The zero-order valence-electron chi connectivity index (χ0n) is 10.9. The average molecular weight is 252 g/mol. The van der Waals surface area contributed by atoms with Crippen LogP contribution < -0.4 is 20.5 Å². The number of carbonyl (C=O) groups excluding carboxylic acids is 1. The minimum Gasteiger partial charge on any atom is -0.493 e. The van der Waals surface area contributed by atoms with Crippen molar-refractivity contribution < 1.29 is 14.3 Å². The second-order valence-corrected chi connectivity index (χ2v) is 3.81. The van der Waals surface area contributed by atoms with Crippen molar-refractivity contribution in [1.82, 2.24) is 5.32 Å². The number of nitrogens with one attached hydrogen (secondary N) is 1. The van der Waals surface area contributed by atoms with Crippen LogP contribution in [0.2, 0.25) is 0 Å². The lowest BCUT2D eigenvalue weighted by Gasteiger charge is -2.11. The number of rotatable bonds is 8. The lowest BCUT2D eigenvalue weighted by atomic mass is 10.2. The number of nitrogens with two attached hydrogens (primary N) is 1. The summed E-state index contributed by atoms with van der Waals surface area (Å²) in [5.41, 5.74) is 6.13. The summed E-state index contributed by atoms with van der Waals surface area (Å²) in [4.78, 5) is 10.6. The van der Waals surface area contributed by atoms with Crippen molar-refractivity contribution in [3.8, 4) is 11.5 Å². The number of carbonyl (C=O) groups is 1. The van der Waals surface area contributed by atoms with Crippen LogP contribution in [0.5, 0.6) is 11.5 Å². The van der Waals surface area contributed by atoms with Crippen LogP contribution in [0, 0.1) is 0 Å². The van der Waals surface area contributed by atoms with E-state index in [0.29, 0.717) is 26.1 Å². The van der Waals surface area contributed by atoms with E-state index >= 15 is 0 Å².